The van der Waals surface area contributed by atoms with Gasteiger partial charge in [0.1, 0.15) is 5.82 Å². The smallest absolute Gasteiger partial charge is 0.276 e. The third-order valence-electron chi connectivity index (χ3n) is 3.26. The maximum Gasteiger partial charge on any atom is 0.276 e. The molecule has 0 aliphatic carbocycles. The van der Waals surface area contributed by atoms with Gasteiger partial charge in [-0.05, 0) is 18.2 Å². The summed E-state index contributed by atoms with van der Waals surface area (Å²) in [7, 11) is -3.65. The highest BCUT2D eigenvalue weighted by Crippen LogP contribution is 2.14. The molecule has 0 aromatic heterocycles. The zero-order chi connectivity index (χ0) is 14.8. The molecule has 1 saturated heterocycles. The van der Waals surface area contributed by atoms with Crippen LogP contribution in [0.15, 0.2) is 18.2 Å². The van der Waals surface area contributed by atoms with Crippen LogP contribution < -0.4 is 5.14 Å². The second-order valence-corrected chi connectivity index (χ2v) is 6.18. The molecule has 1 aromatic rings. The van der Waals surface area contributed by atoms with E-state index in [1.807, 2.05) is 11.0 Å². The second-order valence-electron chi connectivity index (χ2n) is 4.64. The Morgan fingerprint density at radius 1 is 1.30 bits per heavy atom. The first kappa shape index (κ1) is 14.9. The third kappa shape index (κ3) is 3.52. The molecule has 0 bridgehead atoms. The summed E-state index contributed by atoms with van der Waals surface area (Å²) in [6.45, 7) is 1.88. The number of halogens is 1. The number of piperazine rings is 1. The minimum absolute atomic E-state index is 0.290. The summed E-state index contributed by atoms with van der Waals surface area (Å²) in [4.78, 5) is 1.93. The van der Waals surface area contributed by atoms with Gasteiger partial charge in [0.15, 0.2) is 0 Å². The van der Waals surface area contributed by atoms with E-state index in [9.17, 15) is 12.8 Å². The molecular formula is C12H15FN4O2S. The Hall–Kier alpha value is -1.53. The molecule has 0 atom stereocenters. The van der Waals surface area contributed by atoms with E-state index < -0.39 is 10.2 Å². The second kappa shape index (κ2) is 5.85. The molecule has 2 N–H and O–H groups in total. The fourth-order valence-electron chi connectivity index (χ4n) is 2.15. The quantitative estimate of drug-likeness (QED) is 0.851. The van der Waals surface area contributed by atoms with Crippen LogP contribution in [0.1, 0.15) is 11.1 Å². The van der Waals surface area contributed by atoms with Crippen molar-refractivity contribution in [1.29, 1.82) is 5.26 Å². The minimum atomic E-state index is -3.65. The summed E-state index contributed by atoms with van der Waals surface area (Å²) in [6.07, 6.45) is 0. The summed E-state index contributed by atoms with van der Waals surface area (Å²) in [6, 6.07) is 6.19. The molecule has 0 spiro atoms. The Balaban J connectivity index is 2.01. The van der Waals surface area contributed by atoms with Gasteiger partial charge in [-0.15, -0.1) is 0 Å². The van der Waals surface area contributed by atoms with Crippen molar-refractivity contribution in [2.75, 3.05) is 26.2 Å². The predicted molar refractivity (Wildman–Crippen MR) is 71.1 cm³/mol. The first-order valence-electron chi connectivity index (χ1n) is 6.09. The summed E-state index contributed by atoms with van der Waals surface area (Å²) in [5, 5.41) is 13.9. The van der Waals surface area contributed by atoms with Crippen LogP contribution in [0, 0.1) is 17.1 Å². The molecule has 0 saturated carbocycles. The third-order valence-corrected chi connectivity index (χ3v) is 4.34. The van der Waals surface area contributed by atoms with Gasteiger partial charge in [0.05, 0.1) is 11.6 Å². The lowest BCUT2D eigenvalue weighted by Gasteiger charge is -2.32. The number of nitrogens with two attached hydrogens (primary N) is 1. The highest BCUT2D eigenvalue weighted by Gasteiger charge is 2.24. The molecule has 1 aliphatic rings. The van der Waals surface area contributed by atoms with E-state index in [4.69, 9.17) is 10.4 Å². The van der Waals surface area contributed by atoms with E-state index >= 15 is 0 Å². The van der Waals surface area contributed by atoms with E-state index in [2.05, 4.69) is 0 Å². The van der Waals surface area contributed by atoms with Crippen molar-refractivity contribution in [2.45, 2.75) is 6.54 Å². The maximum absolute atomic E-state index is 13.7. The van der Waals surface area contributed by atoms with Crippen molar-refractivity contribution in [2.24, 2.45) is 5.14 Å². The van der Waals surface area contributed by atoms with E-state index in [1.165, 1.54) is 22.5 Å². The number of benzene rings is 1. The SMILES string of the molecule is N#Cc1ccc(F)c(CN2CCN(S(N)(=O)=O)CC2)c1. The highest BCUT2D eigenvalue weighted by molar-refractivity contribution is 7.86. The lowest BCUT2D eigenvalue weighted by atomic mass is 10.1. The van der Waals surface area contributed by atoms with Crippen molar-refractivity contribution < 1.29 is 12.8 Å². The molecular weight excluding hydrogens is 283 g/mol. The predicted octanol–water partition coefficient (Wildman–Crippen LogP) is 0.0185. The zero-order valence-corrected chi connectivity index (χ0v) is 11.6. The number of rotatable bonds is 3. The number of nitrogens with zero attached hydrogens (tertiary/aromatic N) is 3. The maximum atomic E-state index is 13.7. The molecule has 2 rings (SSSR count). The topological polar surface area (TPSA) is 90.4 Å². The van der Waals surface area contributed by atoms with Crippen LogP contribution in [-0.2, 0) is 16.8 Å². The van der Waals surface area contributed by atoms with Gasteiger partial charge in [-0.3, -0.25) is 4.90 Å². The Kier molecular flexibility index (Phi) is 4.35. The van der Waals surface area contributed by atoms with Gasteiger partial charge in [-0.2, -0.15) is 18.0 Å². The van der Waals surface area contributed by atoms with Gasteiger partial charge in [0, 0.05) is 38.3 Å². The molecule has 8 heteroatoms. The highest BCUT2D eigenvalue weighted by atomic mass is 32.2. The van der Waals surface area contributed by atoms with Crippen LogP contribution >= 0.6 is 0 Å². The van der Waals surface area contributed by atoms with E-state index in [-0.39, 0.29) is 5.82 Å². The van der Waals surface area contributed by atoms with Crippen molar-refractivity contribution in [3.8, 4) is 6.07 Å². The molecule has 20 heavy (non-hydrogen) atoms. The van der Waals surface area contributed by atoms with E-state index in [0.717, 1.165) is 0 Å². The molecule has 1 aromatic carbocycles. The Labute approximate surface area is 117 Å². The summed E-state index contributed by atoms with van der Waals surface area (Å²) in [5.41, 5.74) is 0.845. The molecule has 6 nitrogen and oxygen atoms in total. The summed E-state index contributed by atoms with van der Waals surface area (Å²) < 4.78 is 37.2. The van der Waals surface area contributed by atoms with Gasteiger partial charge in [-0.25, -0.2) is 9.53 Å². The van der Waals surface area contributed by atoms with Crippen LogP contribution in [0.3, 0.4) is 0 Å². The van der Waals surface area contributed by atoms with Gasteiger partial charge in [0.2, 0.25) is 0 Å². The number of hydrogen-bond donors (Lipinski definition) is 1. The van der Waals surface area contributed by atoms with Gasteiger partial charge in [0.25, 0.3) is 10.2 Å². The van der Waals surface area contributed by atoms with Crippen LogP contribution in [0.5, 0.6) is 0 Å². The molecule has 1 heterocycles. The first-order valence-corrected chi connectivity index (χ1v) is 7.59. The van der Waals surface area contributed by atoms with Crippen molar-refractivity contribution in [3.05, 3.63) is 35.1 Å². The van der Waals surface area contributed by atoms with E-state index in [0.29, 0.717) is 43.9 Å². The van der Waals surface area contributed by atoms with Crippen molar-refractivity contribution >= 4 is 10.2 Å². The van der Waals surface area contributed by atoms with E-state index in [1.54, 1.807) is 0 Å². The van der Waals surface area contributed by atoms with Crippen LogP contribution in [0.25, 0.3) is 0 Å². The average Bonchev–Trinajstić information content (AvgIpc) is 2.41. The lowest BCUT2D eigenvalue weighted by Crippen LogP contribution is -2.50. The van der Waals surface area contributed by atoms with Crippen molar-refractivity contribution in [3.63, 3.8) is 0 Å². The normalized spacial score (nSPS) is 17.9. The molecule has 1 fully saturated rings. The molecule has 0 amide bonds. The van der Waals surface area contributed by atoms with Gasteiger partial charge >= 0.3 is 0 Å². The summed E-state index contributed by atoms with van der Waals surface area (Å²) >= 11 is 0. The Morgan fingerprint density at radius 3 is 2.50 bits per heavy atom. The fourth-order valence-corrected chi connectivity index (χ4v) is 2.82. The minimum Gasteiger partial charge on any atom is -0.296 e. The largest absolute Gasteiger partial charge is 0.296 e. The lowest BCUT2D eigenvalue weighted by molar-refractivity contribution is 0.180. The zero-order valence-electron chi connectivity index (χ0n) is 10.8. The molecule has 1 aliphatic heterocycles. The standard InChI is InChI=1S/C12H15FN4O2S/c13-12-2-1-10(8-14)7-11(12)9-16-3-5-17(6-4-16)20(15,18)19/h1-2,7H,3-6,9H2,(H2,15,18,19). The monoisotopic (exact) mass is 298 g/mol. The Morgan fingerprint density at radius 2 is 1.95 bits per heavy atom. The van der Waals surface area contributed by atoms with Gasteiger partial charge < -0.3 is 0 Å². The van der Waals surface area contributed by atoms with Gasteiger partial charge in [-0.1, -0.05) is 0 Å². The first-order chi connectivity index (χ1) is 9.40. The Bertz CT molecular complexity index is 633. The fraction of sp³-hybridized carbons (Fsp3) is 0.417. The number of hydrogen-bond acceptors (Lipinski definition) is 4. The number of nitriles is 1. The molecule has 0 radical (unpaired) electrons. The van der Waals surface area contributed by atoms with Crippen LogP contribution in [0.2, 0.25) is 0 Å². The molecule has 108 valence electrons. The van der Waals surface area contributed by atoms with Crippen LogP contribution in [0.4, 0.5) is 4.39 Å². The average molecular weight is 298 g/mol. The van der Waals surface area contributed by atoms with Crippen LogP contribution in [-0.4, -0.2) is 43.8 Å². The van der Waals surface area contributed by atoms with Crippen molar-refractivity contribution in [1.82, 2.24) is 9.21 Å². The summed E-state index contributed by atoms with van der Waals surface area (Å²) in [5.74, 6) is -0.363. The molecule has 0 unspecified atom stereocenters.